The predicted octanol–water partition coefficient (Wildman–Crippen LogP) is 3.73. The number of carbonyl (C=O) groups is 1. The van der Waals surface area contributed by atoms with Crippen LogP contribution in [0.25, 0.3) is 0 Å². The van der Waals surface area contributed by atoms with Gasteiger partial charge in [-0.25, -0.2) is 4.39 Å². The first-order chi connectivity index (χ1) is 10.0. The van der Waals surface area contributed by atoms with Crippen LogP contribution in [-0.4, -0.2) is 17.9 Å². The fourth-order valence-electron chi connectivity index (χ4n) is 1.92. The topological polar surface area (TPSA) is 44.1 Å². The molecule has 3 nitrogen and oxygen atoms in total. The number of halogens is 2. The minimum Gasteiger partial charge on any atom is -0.337 e. The van der Waals surface area contributed by atoms with Crippen molar-refractivity contribution in [3.05, 3.63) is 69.4 Å². The number of nitrogens with zero attached hydrogens (tertiary/aromatic N) is 2. The molecule has 0 unspecified atom stereocenters. The molecule has 2 aromatic carbocycles. The molecule has 0 bridgehead atoms. The molecule has 0 heterocycles. The fraction of sp³-hybridized carbons (Fsp3) is 0.125. The molecule has 2 rings (SSSR count). The molecule has 0 saturated carbocycles. The third-order valence-corrected chi connectivity index (χ3v) is 3.69. The molecule has 0 atom stereocenters. The SMILES string of the molecule is CN(Cc1ccc(C#N)cc1)C(=O)c1c(F)cccc1Br. The monoisotopic (exact) mass is 346 g/mol. The number of hydrogen-bond donors (Lipinski definition) is 0. The summed E-state index contributed by atoms with van der Waals surface area (Å²) in [7, 11) is 1.61. The van der Waals surface area contributed by atoms with Gasteiger partial charge in [0.1, 0.15) is 5.82 Å². The van der Waals surface area contributed by atoms with Crippen LogP contribution < -0.4 is 0 Å². The molecule has 0 fully saturated rings. The lowest BCUT2D eigenvalue weighted by Gasteiger charge is -2.18. The van der Waals surface area contributed by atoms with Gasteiger partial charge in [-0.3, -0.25) is 4.79 Å². The van der Waals surface area contributed by atoms with E-state index in [1.807, 2.05) is 6.07 Å². The Morgan fingerprint density at radius 1 is 1.29 bits per heavy atom. The van der Waals surface area contributed by atoms with E-state index in [1.54, 1.807) is 37.4 Å². The van der Waals surface area contributed by atoms with Crippen LogP contribution >= 0.6 is 15.9 Å². The number of nitriles is 1. The van der Waals surface area contributed by atoms with E-state index in [9.17, 15) is 9.18 Å². The second kappa shape index (κ2) is 6.51. The van der Waals surface area contributed by atoms with Gasteiger partial charge in [-0.2, -0.15) is 5.26 Å². The van der Waals surface area contributed by atoms with Crippen molar-refractivity contribution in [3.8, 4) is 6.07 Å². The van der Waals surface area contributed by atoms with E-state index < -0.39 is 11.7 Å². The third-order valence-electron chi connectivity index (χ3n) is 3.03. The van der Waals surface area contributed by atoms with Crippen LogP contribution in [0, 0.1) is 17.1 Å². The Labute approximate surface area is 130 Å². The molecular weight excluding hydrogens is 335 g/mol. The number of rotatable bonds is 3. The largest absolute Gasteiger partial charge is 0.337 e. The molecule has 21 heavy (non-hydrogen) atoms. The Bertz CT molecular complexity index is 687. The first-order valence-corrected chi connectivity index (χ1v) is 7.00. The van der Waals surface area contributed by atoms with E-state index in [2.05, 4.69) is 15.9 Å². The number of benzene rings is 2. The van der Waals surface area contributed by atoms with E-state index in [1.165, 1.54) is 17.0 Å². The summed E-state index contributed by atoms with van der Waals surface area (Å²) in [5, 5.41) is 8.75. The quantitative estimate of drug-likeness (QED) is 0.849. The van der Waals surface area contributed by atoms with Gasteiger partial charge in [-0.05, 0) is 45.8 Å². The Morgan fingerprint density at radius 2 is 1.95 bits per heavy atom. The zero-order valence-corrected chi connectivity index (χ0v) is 12.9. The van der Waals surface area contributed by atoms with Gasteiger partial charge in [0.25, 0.3) is 5.91 Å². The van der Waals surface area contributed by atoms with Crippen LogP contribution in [-0.2, 0) is 6.54 Å². The van der Waals surface area contributed by atoms with E-state index in [-0.39, 0.29) is 5.56 Å². The second-order valence-corrected chi connectivity index (χ2v) is 5.42. The highest BCUT2D eigenvalue weighted by molar-refractivity contribution is 9.10. The standard InChI is InChI=1S/C16H12BrFN2O/c1-20(10-12-7-5-11(9-19)6-8-12)16(21)15-13(17)3-2-4-14(15)18/h2-8H,10H2,1H3. The normalized spacial score (nSPS) is 10.0. The molecule has 106 valence electrons. The van der Waals surface area contributed by atoms with Crippen molar-refractivity contribution < 1.29 is 9.18 Å². The van der Waals surface area contributed by atoms with Gasteiger partial charge in [0.05, 0.1) is 17.2 Å². The molecule has 1 amide bonds. The number of carbonyl (C=O) groups excluding carboxylic acids is 1. The van der Waals surface area contributed by atoms with Crippen molar-refractivity contribution in [1.29, 1.82) is 5.26 Å². The molecule has 0 aliphatic rings. The summed E-state index contributed by atoms with van der Waals surface area (Å²) < 4.78 is 14.2. The first kappa shape index (κ1) is 15.2. The maximum absolute atomic E-state index is 13.8. The average molecular weight is 347 g/mol. The molecule has 0 saturated heterocycles. The molecular formula is C16H12BrFN2O. The van der Waals surface area contributed by atoms with Crippen LogP contribution in [0.3, 0.4) is 0 Å². The Kier molecular flexibility index (Phi) is 4.71. The van der Waals surface area contributed by atoms with Gasteiger partial charge in [0.2, 0.25) is 0 Å². The maximum Gasteiger partial charge on any atom is 0.258 e. The predicted molar refractivity (Wildman–Crippen MR) is 81.1 cm³/mol. The molecule has 0 radical (unpaired) electrons. The fourth-order valence-corrected chi connectivity index (χ4v) is 2.43. The molecule has 2 aromatic rings. The zero-order valence-electron chi connectivity index (χ0n) is 11.3. The van der Waals surface area contributed by atoms with Crippen LogP contribution in [0.1, 0.15) is 21.5 Å². The summed E-state index contributed by atoms with van der Waals surface area (Å²) in [4.78, 5) is 13.8. The summed E-state index contributed by atoms with van der Waals surface area (Å²) in [5.41, 5.74) is 1.45. The van der Waals surface area contributed by atoms with E-state index in [4.69, 9.17) is 5.26 Å². The van der Waals surface area contributed by atoms with Gasteiger partial charge in [0, 0.05) is 18.1 Å². The smallest absolute Gasteiger partial charge is 0.258 e. The second-order valence-electron chi connectivity index (χ2n) is 4.57. The summed E-state index contributed by atoms with van der Waals surface area (Å²) >= 11 is 3.20. The molecule has 0 aromatic heterocycles. The molecule has 0 spiro atoms. The number of amides is 1. The lowest BCUT2D eigenvalue weighted by molar-refractivity contribution is 0.0779. The Balaban J connectivity index is 2.18. The van der Waals surface area contributed by atoms with Crippen LogP contribution in [0.5, 0.6) is 0 Å². The summed E-state index contributed by atoms with van der Waals surface area (Å²) in [6.07, 6.45) is 0. The van der Waals surface area contributed by atoms with E-state index in [0.717, 1.165) is 5.56 Å². The lowest BCUT2D eigenvalue weighted by atomic mass is 10.1. The minimum absolute atomic E-state index is 0.0219. The van der Waals surface area contributed by atoms with Crippen molar-refractivity contribution in [2.24, 2.45) is 0 Å². The van der Waals surface area contributed by atoms with Crippen molar-refractivity contribution in [2.75, 3.05) is 7.05 Å². The van der Waals surface area contributed by atoms with Gasteiger partial charge in [0.15, 0.2) is 0 Å². The molecule has 0 aliphatic carbocycles. The maximum atomic E-state index is 13.8. The lowest BCUT2D eigenvalue weighted by Crippen LogP contribution is -2.27. The van der Waals surface area contributed by atoms with Gasteiger partial charge < -0.3 is 4.90 Å². The van der Waals surface area contributed by atoms with E-state index >= 15 is 0 Å². The van der Waals surface area contributed by atoms with Crippen molar-refractivity contribution in [1.82, 2.24) is 4.90 Å². The van der Waals surface area contributed by atoms with Gasteiger partial charge >= 0.3 is 0 Å². The number of hydrogen-bond acceptors (Lipinski definition) is 2. The average Bonchev–Trinajstić information content (AvgIpc) is 2.47. The minimum atomic E-state index is -0.555. The van der Waals surface area contributed by atoms with Crippen LogP contribution in [0.15, 0.2) is 46.9 Å². The molecule has 0 N–H and O–H groups in total. The highest BCUT2D eigenvalue weighted by Crippen LogP contribution is 2.21. The van der Waals surface area contributed by atoms with Crippen molar-refractivity contribution >= 4 is 21.8 Å². The van der Waals surface area contributed by atoms with Crippen molar-refractivity contribution in [3.63, 3.8) is 0 Å². The van der Waals surface area contributed by atoms with Crippen LogP contribution in [0.2, 0.25) is 0 Å². The Hall–Kier alpha value is -2.19. The van der Waals surface area contributed by atoms with Gasteiger partial charge in [-0.15, -0.1) is 0 Å². The highest BCUT2D eigenvalue weighted by Gasteiger charge is 2.19. The van der Waals surface area contributed by atoms with Crippen LogP contribution in [0.4, 0.5) is 4.39 Å². The highest BCUT2D eigenvalue weighted by atomic mass is 79.9. The Morgan fingerprint density at radius 3 is 2.52 bits per heavy atom. The first-order valence-electron chi connectivity index (χ1n) is 6.21. The van der Waals surface area contributed by atoms with Crippen molar-refractivity contribution in [2.45, 2.75) is 6.54 Å². The third kappa shape index (κ3) is 3.47. The summed E-state index contributed by atoms with van der Waals surface area (Å²) in [6, 6.07) is 13.4. The summed E-state index contributed by atoms with van der Waals surface area (Å²) in [5.74, 6) is -0.953. The van der Waals surface area contributed by atoms with E-state index in [0.29, 0.717) is 16.6 Å². The summed E-state index contributed by atoms with van der Waals surface area (Å²) in [6.45, 7) is 0.339. The molecule has 5 heteroatoms. The zero-order chi connectivity index (χ0) is 15.4. The molecule has 0 aliphatic heterocycles. The van der Waals surface area contributed by atoms with Gasteiger partial charge in [-0.1, -0.05) is 18.2 Å².